The lowest BCUT2D eigenvalue weighted by atomic mass is 10.1. The van der Waals surface area contributed by atoms with E-state index in [0.717, 1.165) is 6.07 Å². The molecule has 0 bridgehead atoms. The number of halogens is 1. The van der Waals surface area contributed by atoms with Gasteiger partial charge in [0.25, 0.3) is 5.69 Å². The van der Waals surface area contributed by atoms with Crippen LogP contribution in [0.5, 0.6) is 11.5 Å². The van der Waals surface area contributed by atoms with E-state index in [1.165, 1.54) is 38.5 Å². The standard InChI is InChI=1S/C17H15ClN2O7/c1-25-14-7-11(5-12(18)15(14)26-2)17(22)27-8-10-4-3-9(16(19)21)6-13(10)20(23)24/h3-7H,8H2,1-2H3,(H2,19,21). The van der Waals surface area contributed by atoms with Crippen molar-refractivity contribution in [1.82, 2.24) is 0 Å². The lowest BCUT2D eigenvalue weighted by Crippen LogP contribution is -2.12. The fraction of sp³-hybridized carbons (Fsp3) is 0.176. The normalized spacial score (nSPS) is 10.2. The fourth-order valence-corrected chi connectivity index (χ4v) is 2.56. The number of esters is 1. The number of carbonyl (C=O) groups is 2. The smallest absolute Gasteiger partial charge is 0.338 e. The van der Waals surface area contributed by atoms with Crippen molar-refractivity contribution in [2.75, 3.05) is 14.2 Å². The number of nitrogens with zero attached hydrogens (tertiary/aromatic N) is 1. The Kier molecular flexibility index (Phi) is 6.19. The molecule has 1 amide bonds. The van der Waals surface area contributed by atoms with Gasteiger partial charge in [-0.05, 0) is 24.3 Å². The Morgan fingerprint density at radius 3 is 2.41 bits per heavy atom. The number of hydrogen-bond donors (Lipinski definition) is 1. The molecular formula is C17H15ClN2O7. The molecule has 27 heavy (non-hydrogen) atoms. The molecule has 10 heteroatoms. The van der Waals surface area contributed by atoms with Crippen LogP contribution in [0.25, 0.3) is 0 Å². The summed E-state index contributed by atoms with van der Waals surface area (Å²) in [4.78, 5) is 33.9. The van der Waals surface area contributed by atoms with Gasteiger partial charge in [0.2, 0.25) is 5.91 Å². The molecule has 0 aliphatic carbocycles. The molecule has 0 saturated heterocycles. The fourth-order valence-electron chi connectivity index (χ4n) is 2.27. The zero-order valence-corrected chi connectivity index (χ0v) is 15.1. The number of hydrogen-bond acceptors (Lipinski definition) is 7. The van der Waals surface area contributed by atoms with Crippen LogP contribution in [-0.2, 0) is 11.3 Å². The molecule has 0 unspecified atom stereocenters. The van der Waals surface area contributed by atoms with E-state index in [1.807, 2.05) is 0 Å². The van der Waals surface area contributed by atoms with Crippen LogP contribution < -0.4 is 15.2 Å². The summed E-state index contributed by atoms with van der Waals surface area (Å²) in [5.41, 5.74) is 4.88. The molecule has 0 saturated carbocycles. The van der Waals surface area contributed by atoms with Gasteiger partial charge >= 0.3 is 5.97 Å². The number of nitro benzene ring substituents is 1. The van der Waals surface area contributed by atoms with Gasteiger partial charge in [-0.3, -0.25) is 14.9 Å². The van der Waals surface area contributed by atoms with Gasteiger partial charge in [0.1, 0.15) is 6.61 Å². The molecule has 0 aliphatic heterocycles. The number of benzene rings is 2. The summed E-state index contributed by atoms with van der Waals surface area (Å²) in [5, 5.41) is 11.3. The van der Waals surface area contributed by atoms with E-state index < -0.39 is 16.8 Å². The Morgan fingerprint density at radius 2 is 1.85 bits per heavy atom. The maximum absolute atomic E-state index is 12.3. The number of nitrogens with two attached hydrogens (primary N) is 1. The van der Waals surface area contributed by atoms with Crippen LogP contribution in [0.2, 0.25) is 5.02 Å². The minimum Gasteiger partial charge on any atom is -0.493 e. The van der Waals surface area contributed by atoms with Crippen LogP contribution >= 0.6 is 11.6 Å². The second-order valence-electron chi connectivity index (χ2n) is 5.23. The Hall–Kier alpha value is -3.33. The predicted octanol–water partition coefficient (Wildman–Crippen LogP) is 2.72. The predicted molar refractivity (Wildman–Crippen MR) is 95.3 cm³/mol. The molecular weight excluding hydrogens is 380 g/mol. The molecule has 0 atom stereocenters. The molecule has 2 rings (SSSR count). The van der Waals surface area contributed by atoms with Crippen molar-refractivity contribution < 1.29 is 28.7 Å². The molecule has 0 radical (unpaired) electrons. The summed E-state index contributed by atoms with van der Waals surface area (Å²) in [6, 6.07) is 6.34. The first-order valence-electron chi connectivity index (χ1n) is 7.44. The van der Waals surface area contributed by atoms with E-state index in [2.05, 4.69) is 0 Å². The number of nitro groups is 1. The molecule has 9 nitrogen and oxygen atoms in total. The number of ether oxygens (including phenoxy) is 3. The second-order valence-corrected chi connectivity index (χ2v) is 5.64. The molecule has 2 aromatic carbocycles. The first kappa shape index (κ1) is 20.0. The largest absolute Gasteiger partial charge is 0.493 e. The Bertz CT molecular complexity index is 914. The zero-order valence-electron chi connectivity index (χ0n) is 14.4. The molecule has 0 aliphatic rings. The number of carbonyl (C=O) groups excluding carboxylic acids is 2. The van der Waals surface area contributed by atoms with Gasteiger partial charge in [0.05, 0.1) is 35.3 Å². The maximum atomic E-state index is 12.3. The Labute approximate surface area is 158 Å². The minimum absolute atomic E-state index is 0.0246. The Morgan fingerprint density at radius 1 is 1.15 bits per heavy atom. The summed E-state index contributed by atoms with van der Waals surface area (Å²) < 4.78 is 15.3. The first-order chi connectivity index (χ1) is 12.8. The van der Waals surface area contributed by atoms with Gasteiger partial charge in [-0.15, -0.1) is 0 Å². The van der Waals surface area contributed by atoms with Crippen molar-refractivity contribution in [3.8, 4) is 11.5 Å². The highest BCUT2D eigenvalue weighted by Gasteiger charge is 2.20. The number of methoxy groups -OCH3 is 2. The van der Waals surface area contributed by atoms with Crippen molar-refractivity contribution >= 4 is 29.2 Å². The lowest BCUT2D eigenvalue weighted by Gasteiger charge is -2.12. The van der Waals surface area contributed by atoms with Gasteiger partial charge in [-0.25, -0.2) is 4.79 Å². The Balaban J connectivity index is 2.24. The topological polar surface area (TPSA) is 131 Å². The van der Waals surface area contributed by atoms with Crippen LogP contribution in [0.15, 0.2) is 30.3 Å². The van der Waals surface area contributed by atoms with E-state index >= 15 is 0 Å². The van der Waals surface area contributed by atoms with E-state index in [-0.39, 0.29) is 45.5 Å². The average molecular weight is 395 g/mol. The third-order valence-corrected chi connectivity index (χ3v) is 3.88. The second kappa shape index (κ2) is 8.37. The van der Waals surface area contributed by atoms with Crippen molar-refractivity contribution in [1.29, 1.82) is 0 Å². The van der Waals surface area contributed by atoms with Crippen LogP contribution in [0.4, 0.5) is 5.69 Å². The first-order valence-corrected chi connectivity index (χ1v) is 7.82. The van der Waals surface area contributed by atoms with Crippen molar-refractivity contribution in [3.05, 3.63) is 62.2 Å². The molecule has 142 valence electrons. The highest BCUT2D eigenvalue weighted by molar-refractivity contribution is 6.32. The lowest BCUT2D eigenvalue weighted by molar-refractivity contribution is -0.385. The van der Waals surface area contributed by atoms with Crippen LogP contribution in [0.1, 0.15) is 26.3 Å². The van der Waals surface area contributed by atoms with Gasteiger partial charge in [0, 0.05) is 11.6 Å². The maximum Gasteiger partial charge on any atom is 0.338 e. The molecule has 0 aromatic heterocycles. The summed E-state index contributed by atoms with van der Waals surface area (Å²) in [6.07, 6.45) is 0. The number of primary amides is 1. The van der Waals surface area contributed by atoms with Crippen LogP contribution in [0.3, 0.4) is 0 Å². The van der Waals surface area contributed by atoms with Crippen molar-refractivity contribution in [2.24, 2.45) is 5.73 Å². The molecule has 0 spiro atoms. The van der Waals surface area contributed by atoms with E-state index in [4.69, 9.17) is 31.5 Å². The minimum atomic E-state index is -0.804. The summed E-state index contributed by atoms with van der Waals surface area (Å²) >= 11 is 6.04. The van der Waals surface area contributed by atoms with Crippen LogP contribution in [-0.4, -0.2) is 31.0 Å². The number of rotatable bonds is 7. The number of amides is 1. The molecule has 0 fully saturated rings. The SMILES string of the molecule is COc1cc(C(=O)OCc2ccc(C(N)=O)cc2[N+](=O)[O-])cc(Cl)c1OC. The average Bonchev–Trinajstić information content (AvgIpc) is 2.64. The highest BCUT2D eigenvalue weighted by atomic mass is 35.5. The van der Waals surface area contributed by atoms with E-state index in [1.54, 1.807) is 0 Å². The molecule has 2 N–H and O–H groups in total. The van der Waals surface area contributed by atoms with E-state index in [0.29, 0.717) is 0 Å². The van der Waals surface area contributed by atoms with Gasteiger partial charge in [-0.1, -0.05) is 11.6 Å². The van der Waals surface area contributed by atoms with Crippen molar-refractivity contribution in [2.45, 2.75) is 6.61 Å². The summed E-state index contributed by atoms with van der Waals surface area (Å²) in [7, 11) is 2.78. The quantitative estimate of drug-likeness (QED) is 0.433. The third-order valence-electron chi connectivity index (χ3n) is 3.59. The highest BCUT2D eigenvalue weighted by Crippen LogP contribution is 2.36. The van der Waals surface area contributed by atoms with Crippen LogP contribution in [0, 0.1) is 10.1 Å². The van der Waals surface area contributed by atoms with Gasteiger partial charge in [-0.2, -0.15) is 0 Å². The molecule has 2 aromatic rings. The summed E-state index contributed by atoms with van der Waals surface area (Å²) in [6.45, 7) is -0.389. The third kappa shape index (κ3) is 4.45. The van der Waals surface area contributed by atoms with Gasteiger partial charge in [0.15, 0.2) is 11.5 Å². The summed E-state index contributed by atoms with van der Waals surface area (Å²) in [5.74, 6) is -1.09. The monoisotopic (exact) mass is 394 g/mol. The molecule has 0 heterocycles. The van der Waals surface area contributed by atoms with E-state index in [9.17, 15) is 19.7 Å². The zero-order chi connectivity index (χ0) is 20.1. The van der Waals surface area contributed by atoms with Gasteiger partial charge < -0.3 is 19.9 Å². The van der Waals surface area contributed by atoms with Crippen molar-refractivity contribution in [3.63, 3.8) is 0 Å².